The second-order valence-corrected chi connectivity index (χ2v) is 8.48. The lowest BCUT2D eigenvalue weighted by atomic mass is 10.1. The van der Waals surface area contributed by atoms with Crippen molar-refractivity contribution in [2.24, 2.45) is 7.05 Å². The van der Waals surface area contributed by atoms with E-state index in [9.17, 15) is 18.0 Å². The van der Waals surface area contributed by atoms with E-state index in [1.807, 2.05) is 42.9 Å². The molecule has 10 heteroatoms. The third-order valence-corrected chi connectivity index (χ3v) is 5.86. The summed E-state index contributed by atoms with van der Waals surface area (Å²) < 4.78 is 41.0. The normalized spacial score (nSPS) is 11.5. The number of anilines is 3. The Kier molecular flexibility index (Phi) is 6.08. The highest BCUT2D eigenvalue weighted by atomic mass is 19.4. The van der Waals surface area contributed by atoms with E-state index in [1.54, 1.807) is 30.6 Å². The molecule has 7 nitrogen and oxygen atoms in total. The summed E-state index contributed by atoms with van der Waals surface area (Å²) in [6.45, 7) is 1.88. The van der Waals surface area contributed by atoms with Crippen molar-refractivity contribution in [3.63, 3.8) is 0 Å². The molecule has 0 aliphatic rings. The first kappa shape index (κ1) is 24.0. The molecule has 5 aromatic rings. The van der Waals surface area contributed by atoms with Gasteiger partial charge in [-0.2, -0.15) is 13.2 Å². The van der Waals surface area contributed by atoms with Crippen LogP contribution < -0.4 is 10.6 Å². The first-order chi connectivity index (χ1) is 17.7. The monoisotopic (exact) mass is 502 g/mol. The highest BCUT2D eigenvalue weighted by molar-refractivity contribution is 6.05. The number of aromatic nitrogens is 4. The molecular formula is C27H21F3N6O. The summed E-state index contributed by atoms with van der Waals surface area (Å²) in [4.78, 5) is 26.3. The fourth-order valence-corrected chi connectivity index (χ4v) is 3.91. The van der Waals surface area contributed by atoms with Gasteiger partial charge in [0.2, 0.25) is 0 Å². The van der Waals surface area contributed by atoms with Crippen LogP contribution in [0.2, 0.25) is 0 Å². The molecule has 3 aromatic heterocycles. The predicted octanol–water partition coefficient (Wildman–Crippen LogP) is 6.35. The Labute approximate surface area is 210 Å². The Hall–Kier alpha value is -4.73. The Morgan fingerprint density at radius 3 is 2.51 bits per heavy atom. The van der Waals surface area contributed by atoms with Crippen molar-refractivity contribution >= 4 is 34.1 Å². The van der Waals surface area contributed by atoms with Crippen LogP contribution in [0.1, 0.15) is 21.5 Å². The number of pyridine rings is 1. The number of hydrogen-bond acceptors (Lipinski definition) is 5. The standard InChI is InChI=1S/C27H21F3N6O/c1-16-6-7-18(26(37)32-20-5-3-4-19(15-20)27(28,29)30)14-22(16)34-25-23-21(10-13-36(23)2)33-24(35-25)17-8-11-31-12-9-17/h3-15H,1-2H3,(H,32,37)(H,33,34,35). The van der Waals surface area contributed by atoms with Gasteiger partial charge in [-0.3, -0.25) is 9.78 Å². The van der Waals surface area contributed by atoms with Gasteiger partial charge in [0.1, 0.15) is 5.52 Å². The molecule has 2 aromatic carbocycles. The second-order valence-electron chi connectivity index (χ2n) is 8.48. The molecule has 3 heterocycles. The fraction of sp³-hybridized carbons (Fsp3) is 0.111. The summed E-state index contributed by atoms with van der Waals surface area (Å²) in [5.41, 5.74) is 3.28. The first-order valence-corrected chi connectivity index (χ1v) is 11.3. The summed E-state index contributed by atoms with van der Waals surface area (Å²) in [6, 6.07) is 15.1. The minimum Gasteiger partial charge on any atom is -0.346 e. The number of benzene rings is 2. The van der Waals surface area contributed by atoms with E-state index in [4.69, 9.17) is 4.98 Å². The molecule has 0 spiro atoms. The van der Waals surface area contributed by atoms with Gasteiger partial charge in [-0.1, -0.05) is 12.1 Å². The average molecular weight is 503 g/mol. The van der Waals surface area contributed by atoms with E-state index >= 15 is 0 Å². The lowest BCUT2D eigenvalue weighted by molar-refractivity contribution is -0.137. The van der Waals surface area contributed by atoms with Gasteiger partial charge >= 0.3 is 6.18 Å². The van der Waals surface area contributed by atoms with Crippen molar-refractivity contribution in [2.75, 3.05) is 10.6 Å². The number of carbonyl (C=O) groups excluding carboxylic acids is 1. The first-order valence-electron chi connectivity index (χ1n) is 11.3. The Morgan fingerprint density at radius 2 is 1.76 bits per heavy atom. The molecule has 0 fully saturated rings. The molecule has 1 amide bonds. The van der Waals surface area contributed by atoms with E-state index in [2.05, 4.69) is 20.6 Å². The van der Waals surface area contributed by atoms with Crippen molar-refractivity contribution in [3.8, 4) is 11.4 Å². The number of amides is 1. The van der Waals surface area contributed by atoms with Gasteiger partial charge in [-0.05, 0) is 61.0 Å². The van der Waals surface area contributed by atoms with E-state index in [1.165, 1.54) is 12.1 Å². The zero-order valence-corrected chi connectivity index (χ0v) is 19.8. The van der Waals surface area contributed by atoms with Gasteiger partial charge in [0.05, 0.1) is 11.1 Å². The van der Waals surface area contributed by atoms with Crippen molar-refractivity contribution in [1.29, 1.82) is 0 Å². The number of aryl methyl sites for hydroxylation is 2. The number of fused-ring (bicyclic) bond motifs is 1. The summed E-state index contributed by atoms with van der Waals surface area (Å²) in [5, 5.41) is 5.87. The zero-order valence-electron chi connectivity index (χ0n) is 19.8. The second kappa shape index (κ2) is 9.38. The molecule has 5 rings (SSSR count). The number of halogens is 3. The lowest BCUT2D eigenvalue weighted by Gasteiger charge is -2.14. The molecule has 2 N–H and O–H groups in total. The van der Waals surface area contributed by atoms with Crippen LogP contribution in [-0.4, -0.2) is 25.4 Å². The quantitative estimate of drug-likeness (QED) is 0.292. The smallest absolute Gasteiger partial charge is 0.346 e. The molecule has 0 aliphatic heterocycles. The highest BCUT2D eigenvalue weighted by Crippen LogP contribution is 2.32. The van der Waals surface area contributed by atoms with Gasteiger partial charge in [0.25, 0.3) is 5.91 Å². The molecular weight excluding hydrogens is 481 g/mol. The van der Waals surface area contributed by atoms with Gasteiger partial charge in [-0.25, -0.2) is 9.97 Å². The van der Waals surface area contributed by atoms with Crippen LogP contribution in [0.3, 0.4) is 0 Å². The third-order valence-electron chi connectivity index (χ3n) is 5.86. The Bertz CT molecular complexity index is 1610. The minimum absolute atomic E-state index is 0.0539. The van der Waals surface area contributed by atoms with Crippen molar-refractivity contribution < 1.29 is 18.0 Å². The van der Waals surface area contributed by atoms with Crippen molar-refractivity contribution in [2.45, 2.75) is 13.1 Å². The molecule has 0 saturated carbocycles. The molecule has 186 valence electrons. The van der Waals surface area contributed by atoms with Gasteiger partial charge in [0.15, 0.2) is 11.6 Å². The Balaban J connectivity index is 1.47. The minimum atomic E-state index is -4.50. The third kappa shape index (κ3) is 4.99. The maximum absolute atomic E-state index is 13.0. The number of hydrogen-bond donors (Lipinski definition) is 2. The van der Waals surface area contributed by atoms with Crippen molar-refractivity contribution in [3.05, 3.63) is 95.9 Å². The zero-order chi connectivity index (χ0) is 26.2. The van der Waals surface area contributed by atoms with Crippen LogP contribution in [0, 0.1) is 6.92 Å². The van der Waals surface area contributed by atoms with Crippen LogP contribution in [0.25, 0.3) is 22.4 Å². The number of nitrogens with one attached hydrogen (secondary N) is 2. The number of rotatable bonds is 5. The number of carbonyl (C=O) groups is 1. The lowest BCUT2D eigenvalue weighted by Crippen LogP contribution is -2.13. The van der Waals surface area contributed by atoms with E-state index in [0.717, 1.165) is 34.3 Å². The van der Waals surface area contributed by atoms with Gasteiger partial charge < -0.3 is 15.2 Å². The maximum atomic E-state index is 13.0. The average Bonchev–Trinajstić information content (AvgIpc) is 3.26. The number of nitrogens with zero attached hydrogens (tertiary/aromatic N) is 4. The van der Waals surface area contributed by atoms with E-state index in [-0.39, 0.29) is 11.3 Å². The number of alkyl halides is 3. The summed E-state index contributed by atoms with van der Waals surface area (Å²) in [6.07, 6.45) is 0.707. The van der Waals surface area contributed by atoms with Crippen LogP contribution in [0.15, 0.2) is 79.3 Å². The molecule has 0 saturated heterocycles. The predicted molar refractivity (Wildman–Crippen MR) is 136 cm³/mol. The molecule has 0 aliphatic carbocycles. The molecule has 0 bridgehead atoms. The summed E-state index contributed by atoms with van der Waals surface area (Å²) >= 11 is 0. The van der Waals surface area contributed by atoms with Crippen LogP contribution in [0.5, 0.6) is 0 Å². The van der Waals surface area contributed by atoms with Gasteiger partial charge in [-0.15, -0.1) is 0 Å². The largest absolute Gasteiger partial charge is 0.416 e. The molecule has 0 atom stereocenters. The van der Waals surface area contributed by atoms with Crippen LogP contribution in [-0.2, 0) is 13.2 Å². The van der Waals surface area contributed by atoms with Crippen LogP contribution in [0.4, 0.5) is 30.4 Å². The van der Waals surface area contributed by atoms with Crippen LogP contribution >= 0.6 is 0 Å². The fourth-order valence-electron chi connectivity index (χ4n) is 3.91. The summed E-state index contributed by atoms with van der Waals surface area (Å²) in [7, 11) is 1.88. The Morgan fingerprint density at radius 1 is 0.973 bits per heavy atom. The SMILES string of the molecule is Cc1ccc(C(=O)Nc2cccc(C(F)(F)F)c2)cc1Nc1nc(-c2ccncc2)nc2ccn(C)c12. The highest BCUT2D eigenvalue weighted by Gasteiger charge is 2.30. The van der Waals surface area contributed by atoms with Crippen molar-refractivity contribution in [1.82, 2.24) is 19.5 Å². The van der Waals surface area contributed by atoms with E-state index in [0.29, 0.717) is 17.3 Å². The van der Waals surface area contributed by atoms with Gasteiger partial charge in [0, 0.05) is 48.1 Å². The molecule has 0 radical (unpaired) electrons. The summed E-state index contributed by atoms with van der Waals surface area (Å²) in [5.74, 6) is 0.522. The molecule has 0 unspecified atom stereocenters. The topological polar surface area (TPSA) is 84.7 Å². The maximum Gasteiger partial charge on any atom is 0.416 e. The van der Waals surface area contributed by atoms with E-state index < -0.39 is 17.6 Å². The molecule has 37 heavy (non-hydrogen) atoms.